The minimum Gasteiger partial charge on any atom is -0.489 e. The zero-order chi connectivity index (χ0) is 23.0. The van der Waals surface area contributed by atoms with Crippen LogP contribution in [0.5, 0.6) is 5.75 Å². The lowest BCUT2D eigenvalue weighted by Crippen LogP contribution is -2.17. The van der Waals surface area contributed by atoms with Crippen molar-refractivity contribution in [2.75, 3.05) is 6.54 Å². The van der Waals surface area contributed by atoms with Gasteiger partial charge >= 0.3 is 0 Å². The molecule has 33 heavy (non-hydrogen) atoms. The molecule has 0 aliphatic heterocycles. The standard InChI is InChI=1S/C27H27NO2.C3H8/c28-14-13-19-5-10-23-16-25(12-11-22(23)15-19)29-18-20-6-8-21(9-7-20)27-17-24-3-1-2-4-26(24)30-27;1-3-2/h1-4,6-9,11-12,16-17,19H,5,10,13-15,18,28H2;3H2,1-2H3. The fraction of sp³-hybridized carbons (Fsp3) is 0.333. The normalized spacial score (nSPS) is 14.9. The lowest BCUT2D eigenvalue weighted by Gasteiger charge is -2.24. The van der Waals surface area contributed by atoms with Gasteiger partial charge in [0, 0.05) is 10.9 Å². The maximum atomic E-state index is 6.08. The highest BCUT2D eigenvalue weighted by Gasteiger charge is 2.18. The second kappa shape index (κ2) is 11.2. The summed E-state index contributed by atoms with van der Waals surface area (Å²) < 4.78 is 12.0. The Bertz CT molecular complexity index is 1130. The maximum Gasteiger partial charge on any atom is 0.135 e. The van der Waals surface area contributed by atoms with E-state index in [1.807, 2.05) is 18.2 Å². The van der Waals surface area contributed by atoms with E-state index in [4.69, 9.17) is 14.9 Å². The van der Waals surface area contributed by atoms with Crippen molar-refractivity contribution in [3.63, 3.8) is 0 Å². The van der Waals surface area contributed by atoms with Gasteiger partial charge < -0.3 is 14.9 Å². The molecule has 1 aliphatic carbocycles. The number of hydrogen-bond acceptors (Lipinski definition) is 3. The first-order chi connectivity index (χ1) is 16.2. The Hall–Kier alpha value is -3.04. The van der Waals surface area contributed by atoms with Crippen LogP contribution in [0, 0.1) is 5.92 Å². The van der Waals surface area contributed by atoms with Gasteiger partial charge in [-0.3, -0.25) is 0 Å². The molecule has 0 saturated carbocycles. The number of nitrogens with two attached hydrogens (primary N) is 1. The number of ether oxygens (including phenoxy) is 1. The third-order valence-corrected chi connectivity index (χ3v) is 6.15. The molecular formula is C30H35NO2. The third kappa shape index (κ3) is 5.85. The van der Waals surface area contributed by atoms with E-state index in [9.17, 15) is 0 Å². The molecule has 1 unspecified atom stereocenters. The molecule has 0 radical (unpaired) electrons. The quantitative estimate of drug-likeness (QED) is 0.336. The van der Waals surface area contributed by atoms with Crippen molar-refractivity contribution in [3.8, 4) is 17.1 Å². The molecule has 0 amide bonds. The van der Waals surface area contributed by atoms with Gasteiger partial charge in [-0.2, -0.15) is 0 Å². The first-order valence-electron chi connectivity index (χ1n) is 12.2. The zero-order valence-corrected chi connectivity index (χ0v) is 19.8. The van der Waals surface area contributed by atoms with Crippen LogP contribution in [0.25, 0.3) is 22.3 Å². The number of furan rings is 1. The van der Waals surface area contributed by atoms with E-state index >= 15 is 0 Å². The number of aryl methyl sites for hydroxylation is 1. The van der Waals surface area contributed by atoms with Gasteiger partial charge in [0.15, 0.2) is 0 Å². The van der Waals surface area contributed by atoms with E-state index in [1.54, 1.807) is 0 Å². The number of fused-ring (bicyclic) bond motifs is 2. The Balaban J connectivity index is 0.000000821. The molecule has 0 spiro atoms. The average Bonchev–Trinajstić information content (AvgIpc) is 3.28. The maximum absolute atomic E-state index is 6.08. The molecule has 1 aliphatic rings. The fourth-order valence-electron chi connectivity index (χ4n) is 4.43. The van der Waals surface area contributed by atoms with Crippen LogP contribution < -0.4 is 10.5 Å². The van der Waals surface area contributed by atoms with Crippen LogP contribution in [0.15, 0.2) is 77.2 Å². The minimum absolute atomic E-state index is 0.564. The van der Waals surface area contributed by atoms with Crippen LogP contribution in [0.2, 0.25) is 0 Å². The Morgan fingerprint density at radius 2 is 1.73 bits per heavy atom. The van der Waals surface area contributed by atoms with Crippen molar-refractivity contribution >= 4 is 11.0 Å². The Kier molecular flexibility index (Phi) is 7.85. The lowest BCUT2D eigenvalue weighted by molar-refractivity contribution is 0.305. The highest BCUT2D eigenvalue weighted by Crippen LogP contribution is 2.31. The van der Waals surface area contributed by atoms with Crippen molar-refractivity contribution < 1.29 is 9.15 Å². The molecule has 0 fully saturated rings. The van der Waals surface area contributed by atoms with Crippen LogP contribution in [0.1, 0.15) is 49.8 Å². The Morgan fingerprint density at radius 1 is 0.939 bits per heavy atom. The summed E-state index contributed by atoms with van der Waals surface area (Å²) in [6.45, 7) is 5.60. The third-order valence-electron chi connectivity index (χ3n) is 6.15. The number of benzene rings is 3. The fourth-order valence-corrected chi connectivity index (χ4v) is 4.43. The van der Waals surface area contributed by atoms with E-state index < -0.39 is 0 Å². The van der Waals surface area contributed by atoms with Gasteiger partial charge in [0.2, 0.25) is 0 Å². The monoisotopic (exact) mass is 441 g/mol. The van der Waals surface area contributed by atoms with Crippen molar-refractivity contribution in [3.05, 3.63) is 89.5 Å². The van der Waals surface area contributed by atoms with Crippen molar-refractivity contribution in [2.24, 2.45) is 11.7 Å². The summed E-state index contributed by atoms with van der Waals surface area (Å²) in [6, 6.07) is 25.2. The van der Waals surface area contributed by atoms with Gasteiger partial charge in [-0.15, -0.1) is 0 Å². The van der Waals surface area contributed by atoms with Gasteiger partial charge in [0.25, 0.3) is 0 Å². The van der Waals surface area contributed by atoms with Crippen LogP contribution in [-0.2, 0) is 19.4 Å². The molecule has 0 saturated heterocycles. The molecule has 5 rings (SSSR count). The van der Waals surface area contributed by atoms with E-state index in [-0.39, 0.29) is 0 Å². The van der Waals surface area contributed by atoms with Crippen molar-refractivity contribution in [1.29, 1.82) is 0 Å². The minimum atomic E-state index is 0.564. The van der Waals surface area contributed by atoms with Crippen LogP contribution in [0.3, 0.4) is 0 Å². The summed E-state index contributed by atoms with van der Waals surface area (Å²) in [5, 5.41) is 1.13. The summed E-state index contributed by atoms with van der Waals surface area (Å²) >= 11 is 0. The van der Waals surface area contributed by atoms with Gasteiger partial charge in [-0.1, -0.05) is 68.8 Å². The molecule has 1 heterocycles. The molecule has 1 atom stereocenters. The molecule has 3 aromatic carbocycles. The van der Waals surface area contributed by atoms with E-state index in [1.165, 1.54) is 24.0 Å². The average molecular weight is 442 g/mol. The highest BCUT2D eigenvalue weighted by molar-refractivity contribution is 5.82. The van der Waals surface area contributed by atoms with Crippen LogP contribution in [0.4, 0.5) is 0 Å². The van der Waals surface area contributed by atoms with Gasteiger partial charge in [-0.05, 0) is 79.1 Å². The van der Waals surface area contributed by atoms with E-state index in [0.29, 0.717) is 6.61 Å². The molecule has 172 valence electrons. The number of rotatable bonds is 6. The first kappa shape index (κ1) is 23.1. The predicted molar refractivity (Wildman–Crippen MR) is 138 cm³/mol. The van der Waals surface area contributed by atoms with Gasteiger partial charge in [0.05, 0.1) is 0 Å². The molecule has 0 bridgehead atoms. The van der Waals surface area contributed by atoms with Crippen molar-refractivity contribution in [2.45, 2.75) is 52.6 Å². The second-order valence-electron chi connectivity index (χ2n) is 8.96. The summed E-state index contributed by atoms with van der Waals surface area (Å²) in [5.41, 5.74) is 11.8. The second-order valence-corrected chi connectivity index (χ2v) is 8.96. The largest absolute Gasteiger partial charge is 0.489 e. The summed E-state index contributed by atoms with van der Waals surface area (Å²) in [7, 11) is 0. The van der Waals surface area contributed by atoms with Crippen LogP contribution >= 0.6 is 0 Å². The Morgan fingerprint density at radius 3 is 2.48 bits per heavy atom. The van der Waals surface area contributed by atoms with E-state index in [2.05, 4.69) is 68.4 Å². The smallest absolute Gasteiger partial charge is 0.135 e. The molecule has 1 aromatic heterocycles. The summed E-state index contributed by atoms with van der Waals surface area (Å²) in [5.74, 6) is 2.58. The molecular weight excluding hydrogens is 406 g/mol. The molecule has 2 N–H and O–H groups in total. The SMILES string of the molecule is CCC.NCCC1CCc2cc(OCc3ccc(-c4cc5ccccc5o4)cc3)ccc2C1. The number of para-hydroxylation sites is 1. The first-order valence-corrected chi connectivity index (χ1v) is 12.2. The summed E-state index contributed by atoms with van der Waals surface area (Å²) in [6.07, 6.45) is 5.89. The topological polar surface area (TPSA) is 48.4 Å². The zero-order valence-electron chi connectivity index (χ0n) is 19.8. The lowest BCUT2D eigenvalue weighted by atomic mass is 9.82. The van der Waals surface area contributed by atoms with Crippen LogP contribution in [-0.4, -0.2) is 6.54 Å². The highest BCUT2D eigenvalue weighted by atomic mass is 16.5. The van der Waals surface area contributed by atoms with Gasteiger partial charge in [-0.25, -0.2) is 0 Å². The van der Waals surface area contributed by atoms with Gasteiger partial charge in [0.1, 0.15) is 23.7 Å². The number of hydrogen-bond donors (Lipinski definition) is 1. The molecule has 3 heteroatoms. The molecule has 4 aromatic rings. The molecule has 3 nitrogen and oxygen atoms in total. The van der Waals surface area contributed by atoms with Crippen molar-refractivity contribution in [1.82, 2.24) is 0 Å². The Labute approximate surface area is 197 Å². The van der Waals surface area contributed by atoms with E-state index in [0.717, 1.165) is 65.3 Å². The predicted octanol–water partition coefficient (Wildman–Crippen LogP) is 7.55. The summed E-state index contributed by atoms with van der Waals surface area (Å²) in [4.78, 5) is 0.